The minimum Gasteiger partial charge on any atom is -0.382 e. The zero-order chi connectivity index (χ0) is 13.8. The van der Waals surface area contributed by atoms with Gasteiger partial charge in [0.25, 0.3) is 0 Å². The van der Waals surface area contributed by atoms with Crippen molar-refractivity contribution < 1.29 is 0 Å². The molecule has 0 radical (unpaired) electrons. The average Bonchev–Trinajstić information content (AvgIpc) is 2.51. The third-order valence-electron chi connectivity index (χ3n) is 3.74. The number of nitrogens with zero attached hydrogens (tertiary/aromatic N) is 2. The number of benzene rings is 1. The van der Waals surface area contributed by atoms with Gasteiger partial charge in [-0.05, 0) is 49.2 Å². The number of anilines is 2. The van der Waals surface area contributed by atoms with Crippen LogP contribution in [0, 0.1) is 0 Å². The van der Waals surface area contributed by atoms with Crippen LogP contribution in [-0.2, 0) is 0 Å². The molecule has 3 nitrogen and oxygen atoms in total. The summed E-state index contributed by atoms with van der Waals surface area (Å²) in [6, 6.07) is 12.6. The van der Waals surface area contributed by atoms with E-state index < -0.39 is 0 Å². The Hall–Kier alpha value is -1.74. The minimum absolute atomic E-state index is 0.536. The predicted molar refractivity (Wildman–Crippen MR) is 84.5 cm³/mol. The summed E-state index contributed by atoms with van der Waals surface area (Å²) in [5, 5.41) is 4.36. The first-order valence-corrected chi connectivity index (χ1v) is 7.36. The van der Waals surface area contributed by atoms with Crippen molar-refractivity contribution in [1.82, 2.24) is 4.98 Å². The maximum atomic E-state index is 5.90. The largest absolute Gasteiger partial charge is 0.382 e. The van der Waals surface area contributed by atoms with Gasteiger partial charge in [0, 0.05) is 47.9 Å². The number of hydrogen-bond acceptors (Lipinski definition) is 3. The lowest BCUT2D eigenvalue weighted by Crippen LogP contribution is -2.39. The third-order valence-corrected chi connectivity index (χ3v) is 3.99. The van der Waals surface area contributed by atoms with E-state index in [-0.39, 0.29) is 0 Å². The Balaban J connectivity index is 1.55. The Morgan fingerprint density at radius 1 is 1.00 bits per heavy atom. The molecule has 1 aromatic carbocycles. The van der Waals surface area contributed by atoms with E-state index in [0.29, 0.717) is 6.04 Å². The smallest absolute Gasteiger partial charge is 0.0407 e. The van der Waals surface area contributed by atoms with E-state index in [0.717, 1.165) is 36.6 Å². The summed E-state index contributed by atoms with van der Waals surface area (Å²) in [6.45, 7) is 2.16. The van der Waals surface area contributed by atoms with Gasteiger partial charge >= 0.3 is 0 Å². The Bertz CT molecular complexity index is 533. The van der Waals surface area contributed by atoms with E-state index in [9.17, 15) is 0 Å². The van der Waals surface area contributed by atoms with E-state index in [1.165, 1.54) is 5.69 Å². The van der Waals surface area contributed by atoms with Crippen LogP contribution in [0.5, 0.6) is 0 Å². The lowest BCUT2D eigenvalue weighted by Gasteiger charge is -2.34. The predicted octanol–water partition coefficient (Wildman–Crippen LogP) is 3.82. The van der Waals surface area contributed by atoms with Crippen LogP contribution in [0.1, 0.15) is 12.8 Å². The molecule has 0 unspecified atom stereocenters. The lowest BCUT2D eigenvalue weighted by atomic mass is 10.0. The Labute approximate surface area is 124 Å². The fourth-order valence-corrected chi connectivity index (χ4v) is 2.74. The molecular weight excluding hydrogens is 270 g/mol. The van der Waals surface area contributed by atoms with Gasteiger partial charge in [-0.1, -0.05) is 11.6 Å². The maximum absolute atomic E-state index is 5.90. The molecule has 2 aromatic rings. The molecule has 0 spiro atoms. The van der Waals surface area contributed by atoms with Crippen molar-refractivity contribution in [2.75, 3.05) is 23.3 Å². The Morgan fingerprint density at radius 3 is 2.30 bits per heavy atom. The fraction of sp³-hybridized carbons (Fsp3) is 0.312. The second-order valence-electron chi connectivity index (χ2n) is 5.12. The van der Waals surface area contributed by atoms with Crippen molar-refractivity contribution in [2.24, 2.45) is 0 Å². The van der Waals surface area contributed by atoms with E-state index in [1.54, 1.807) is 0 Å². The van der Waals surface area contributed by atoms with Crippen LogP contribution in [0.4, 0.5) is 11.4 Å². The van der Waals surface area contributed by atoms with Crippen molar-refractivity contribution in [3.05, 3.63) is 53.8 Å². The second-order valence-corrected chi connectivity index (χ2v) is 5.55. The topological polar surface area (TPSA) is 28.2 Å². The Kier molecular flexibility index (Phi) is 4.07. The van der Waals surface area contributed by atoms with E-state index in [2.05, 4.69) is 27.3 Å². The number of pyridine rings is 1. The van der Waals surface area contributed by atoms with Crippen LogP contribution in [0.3, 0.4) is 0 Å². The summed E-state index contributed by atoms with van der Waals surface area (Å²) in [5.74, 6) is 0. The number of piperidine rings is 1. The van der Waals surface area contributed by atoms with Crippen LogP contribution in [0.2, 0.25) is 5.02 Å². The molecule has 4 heteroatoms. The van der Waals surface area contributed by atoms with Crippen LogP contribution >= 0.6 is 11.6 Å². The zero-order valence-electron chi connectivity index (χ0n) is 11.3. The summed E-state index contributed by atoms with van der Waals surface area (Å²) in [6.07, 6.45) is 6.00. The first kappa shape index (κ1) is 13.3. The highest BCUT2D eigenvalue weighted by atomic mass is 35.5. The van der Waals surface area contributed by atoms with Crippen LogP contribution < -0.4 is 10.2 Å². The standard InChI is InChI=1S/C16H18ClN3/c17-13-1-3-14(4-2-13)19-15-7-11-20(12-8-15)16-5-9-18-10-6-16/h1-6,9-10,15,19H,7-8,11-12H2. The highest BCUT2D eigenvalue weighted by Crippen LogP contribution is 2.22. The summed E-state index contributed by atoms with van der Waals surface area (Å²) in [4.78, 5) is 6.49. The van der Waals surface area contributed by atoms with Crippen LogP contribution in [-0.4, -0.2) is 24.1 Å². The molecule has 1 N–H and O–H groups in total. The van der Waals surface area contributed by atoms with Crippen LogP contribution in [0.15, 0.2) is 48.8 Å². The van der Waals surface area contributed by atoms with Gasteiger partial charge in [-0.3, -0.25) is 4.98 Å². The molecule has 2 heterocycles. The summed E-state index contributed by atoms with van der Waals surface area (Å²) < 4.78 is 0. The van der Waals surface area contributed by atoms with Crippen molar-refractivity contribution >= 4 is 23.0 Å². The monoisotopic (exact) mass is 287 g/mol. The van der Waals surface area contributed by atoms with Crippen molar-refractivity contribution in [3.8, 4) is 0 Å². The molecule has 20 heavy (non-hydrogen) atoms. The third kappa shape index (κ3) is 3.23. The van der Waals surface area contributed by atoms with E-state index in [4.69, 9.17) is 11.6 Å². The van der Waals surface area contributed by atoms with Gasteiger partial charge in [-0.15, -0.1) is 0 Å². The molecule has 0 amide bonds. The van der Waals surface area contributed by atoms with Gasteiger partial charge in [0.15, 0.2) is 0 Å². The van der Waals surface area contributed by atoms with E-state index >= 15 is 0 Å². The molecule has 0 bridgehead atoms. The zero-order valence-corrected chi connectivity index (χ0v) is 12.1. The van der Waals surface area contributed by atoms with Gasteiger partial charge in [0.2, 0.25) is 0 Å². The van der Waals surface area contributed by atoms with Crippen LogP contribution in [0.25, 0.3) is 0 Å². The van der Waals surface area contributed by atoms with Gasteiger partial charge < -0.3 is 10.2 Å². The molecule has 3 rings (SSSR count). The summed E-state index contributed by atoms with van der Waals surface area (Å²) in [5.41, 5.74) is 2.42. The molecule has 0 aliphatic carbocycles. The van der Waals surface area contributed by atoms with Gasteiger partial charge in [0.05, 0.1) is 0 Å². The number of nitrogens with one attached hydrogen (secondary N) is 1. The van der Waals surface area contributed by atoms with Gasteiger partial charge in [-0.2, -0.15) is 0 Å². The molecular formula is C16H18ClN3. The highest BCUT2D eigenvalue weighted by Gasteiger charge is 2.19. The molecule has 104 valence electrons. The number of halogens is 1. The van der Waals surface area contributed by atoms with Gasteiger partial charge in [-0.25, -0.2) is 0 Å². The van der Waals surface area contributed by atoms with Crippen molar-refractivity contribution in [2.45, 2.75) is 18.9 Å². The fourth-order valence-electron chi connectivity index (χ4n) is 2.62. The highest BCUT2D eigenvalue weighted by molar-refractivity contribution is 6.30. The quantitative estimate of drug-likeness (QED) is 0.930. The van der Waals surface area contributed by atoms with Gasteiger partial charge in [0.1, 0.15) is 0 Å². The van der Waals surface area contributed by atoms with E-state index in [1.807, 2.05) is 36.7 Å². The summed E-state index contributed by atoms with van der Waals surface area (Å²) >= 11 is 5.90. The average molecular weight is 288 g/mol. The molecule has 1 aromatic heterocycles. The number of hydrogen-bond donors (Lipinski definition) is 1. The SMILES string of the molecule is Clc1ccc(NC2CCN(c3ccncc3)CC2)cc1. The molecule has 1 saturated heterocycles. The summed E-state index contributed by atoms with van der Waals surface area (Å²) in [7, 11) is 0. The normalized spacial score (nSPS) is 16.1. The minimum atomic E-state index is 0.536. The molecule has 0 saturated carbocycles. The molecule has 1 aliphatic heterocycles. The van der Waals surface area contributed by atoms with Crippen molar-refractivity contribution in [1.29, 1.82) is 0 Å². The Morgan fingerprint density at radius 2 is 1.65 bits per heavy atom. The number of aromatic nitrogens is 1. The number of rotatable bonds is 3. The molecule has 1 fully saturated rings. The maximum Gasteiger partial charge on any atom is 0.0407 e. The second kappa shape index (κ2) is 6.14. The molecule has 1 aliphatic rings. The first-order chi connectivity index (χ1) is 9.81. The molecule has 0 atom stereocenters. The first-order valence-electron chi connectivity index (χ1n) is 6.98. The lowest BCUT2D eigenvalue weighted by molar-refractivity contribution is 0.526. The van der Waals surface area contributed by atoms with Crippen molar-refractivity contribution in [3.63, 3.8) is 0 Å².